The third-order valence-electron chi connectivity index (χ3n) is 11.4. The van der Waals surface area contributed by atoms with Gasteiger partial charge in [-0.3, -0.25) is 33.6 Å². The van der Waals surface area contributed by atoms with Gasteiger partial charge < -0.3 is 36.6 Å². The number of Topliss-reactive ketones (excluding diaryl/α,β-unsaturated/α-hetero) is 1. The van der Waals surface area contributed by atoms with Gasteiger partial charge in [0.2, 0.25) is 35.3 Å². The van der Waals surface area contributed by atoms with Crippen molar-refractivity contribution in [1.82, 2.24) is 26.2 Å². The number of amides is 6. The highest BCUT2D eigenvalue weighted by Crippen LogP contribution is 2.32. The first kappa shape index (κ1) is 43.0. The van der Waals surface area contributed by atoms with E-state index in [2.05, 4.69) is 21.3 Å². The molecule has 57 heavy (non-hydrogen) atoms. The Kier molecular flexibility index (Phi) is 16.2. The lowest BCUT2D eigenvalue weighted by atomic mass is 9.83. The van der Waals surface area contributed by atoms with Crippen molar-refractivity contribution in [3.05, 3.63) is 71.8 Å². The number of rotatable bonds is 19. The summed E-state index contributed by atoms with van der Waals surface area (Å²) in [6.45, 7) is 1.68. The first-order chi connectivity index (χ1) is 27.5. The van der Waals surface area contributed by atoms with Crippen LogP contribution in [-0.2, 0) is 44.9 Å². The molecule has 0 bridgehead atoms. The molecule has 3 unspecified atom stereocenters. The Morgan fingerprint density at radius 1 is 0.807 bits per heavy atom. The lowest BCUT2D eigenvalue weighted by Crippen LogP contribution is -2.58. The summed E-state index contributed by atoms with van der Waals surface area (Å²) < 4.78 is 6.26. The first-order valence-corrected chi connectivity index (χ1v) is 20.6. The van der Waals surface area contributed by atoms with Crippen molar-refractivity contribution < 1.29 is 38.3 Å². The van der Waals surface area contributed by atoms with E-state index in [9.17, 15) is 33.6 Å². The van der Waals surface area contributed by atoms with Gasteiger partial charge in [-0.2, -0.15) is 0 Å². The Morgan fingerprint density at radius 3 is 2.11 bits per heavy atom. The van der Waals surface area contributed by atoms with Crippen molar-refractivity contribution >= 4 is 41.2 Å². The molecule has 1 aliphatic heterocycles. The Labute approximate surface area is 334 Å². The zero-order chi connectivity index (χ0) is 40.7. The molecule has 2 aromatic rings. The molecule has 14 heteroatoms. The fourth-order valence-corrected chi connectivity index (χ4v) is 8.21. The number of ether oxygens (including phenoxy) is 1. The molecule has 3 aliphatic rings. The molecule has 2 saturated carbocycles. The maximum Gasteiger partial charge on any atom is 0.290 e. The van der Waals surface area contributed by atoms with Gasteiger partial charge in [0.05, 0.1) is 25.3 Å². The van der Waals surface area contributed by atoms with Crippen LogP contribution in [0.1, 0.15) is 108 Å². The van der Waals surface area contributed by atoms with Crippen LogP contribution in [0.15, 0.2) is 60.7 Å². The number of unbranched alkanes of at least 4 members (excludes halogenated alkanes) is 1. The van der Waals surface area contributed by atoms with Gasteiger partial charge >= 0.3 is 0 Å². The van der Waals surface area contributed by atoms with Gasteiger partial charge in [-0.05, 0) is 49.1 Å². The summed E-state index contributed by atoms with van der Waals surface area (Å²) in [5, 5.41) is 10.7. The molecule has 6 N–H and O–H groups in total. The number of nitrogens with two attached hydrogens (primary N) is 1. The summed E-state index contributed by atoms with van der Waals surface area (Å²) in [6.07, 6.45) is 9.03. The zero-order valence-corrected chi connectivity index (χ0v) is 32.9. The van der Waals surface area contributed by atoms with E-state index in [1.54, 1.807) is 30.3 Å². The van der Waals surface area contributed by atoms with E-state index >= 15 is 0 Å². The topological polar surface area (TPSA) is 206 Å². The Hall–Kier alpha value is -5.11. The van der Waals surface area contributed by atoms with Crippen molar-refractivity contribution in [3.8, 4) is 0 Å². The number of carbonyl (C=O) groups excluding carboxylic acids is 7. The molecule has 0 aromatic heterocycles. The van der Waals surface area contributed by atoms with Crippen LogP contribution >= 0.6 is 0 Å². The van der Waals surface area contributed by atoms with Crippen molar-refractivity contribution in [2.75, 3.05) is 13.1 Å². The summed E-state index contributed by atoms with van der Waals surface area (Å²) in [6, 6.07) is 13.7. The summed E-state index contributed by atoms with van der Waals surface area (Å²) >= 11 is 0. The highest BCUT2D eigenvalue weighted by Gasteiger charge is 2.45. The molecule has 2 aromatic carbocycles. The van der Waals surface area contributed by atoms with E-state index in [1.807, 2.05) is 37.3 Å². The third-order valence-corrected chi connectivity index (χ3v) is 11.4. The molecular formula is C43H58N6O8. The van der Waals surface area contributed by atoms with Crippen molar-refractivity contribution in [1.29, 1.82) is 0 Å². The average molecular weight is 787 g/mol. The third kappa shape index (κ3) is 12.2. The monoisotopic (exact) mass is 786 g/mol. The average Bonchev–Trinajstić information content (AvgIpc) is 3.94. The van der Waals surface area contributed by atoms with Crippen LogP contribution in [0, 0.1) is 11.8 Å². The summed E-state index contributed by atoms with van der Waals surface area (Å²) in [7, 11) is 0. The first-order valence-electron chi connectivity index (χ1n) is 20.6. The Morgan fingerprint density at radius 2 is 1.46 bits per heavy atom. The molecule has 1 saturated heterocycles. The van der Waals surface area contributed by atoms with Gasteiger partial charge in [0, 0.05) is 18.9 Å². The number of carbonyl (C=O) groups is 7. The molecule has 5 atom stereocenters. The van der Waals surface area contributed by atoms with Crippen LogP contribution < -0.4 is 27.0 Å². The number of primary amides is 1. The molecular weight excluding hydrogens is 729 g/mol. The number of likely N-dealkylation sites (tertiary alicyclic amines) is 1. The standard InChI is InChI=1S/C43H58N6O8/c1-2-3-23-33(38(51)42(55)45-25-35(50)47-36(39(44)52)29-17-9-5-10-18-29)46-41(54)34-24-32(57-27-28-15-7-4-8-16-28)26-49(34)43(56)37(30-19-11-6-12-20-30)48-40(53)31-21-13-14-22-31/h4-5,7-10,15-18,30-34,36-37H,2-3,6,11-14,19-27H2,1H3,(H2,44,52)(H,45,55)(H,46,54)(H,47,50)(H,48,53)/t32-,33?,34+,36?,37?/m1/s1. The van der Waals surface area contributed by atoms with E-state index in [1.165, 1.54) is 4.90 Å². The lowest BCUT2D eigenvalue weighted by molar-refractivity contribution is -0.145. The smallest absolute Gasteiger partial charge is 0.290 e. The molecule has 2 aliphatic carbocycles. The van der Waals surface area contributed by atoms with Gasteiger partial charge in [0.25, 0.3) is 5.91 Å². The van der Waals surface area contributed by atoms with Gasteiger partial charge in [-0.15, -0.1) is 0 Å². The fourth-order valence-electron chi connectivity index (χ4n) is 8.21. The van der Waals surface area contributed by atoms with Crippen LogP contribution in [0.25, 0.3) is 0 Å². The van der Waals surface area contributed by atoms with E-state index in [4.69, 9.17) is 10.5 Å². The molecule has 0 radical (unpaired) electrons. The number of nitrogens with one attached hydrogen (secondary N) is 4. The van der Waals surface area contributed by atoms with E-state index in [0.29, 0.717) is 18.4 Å². The van der Waals surface area contributed by atoms with E-state index < -0.39 is 66.2 Å². The number of hydrogen-bond donors (Lipinski definition) is 5. The lowest BCUT2D eigenvalue weighted by Gasteiger charge is -2.35. The summed E-state index contributed by atoms with van der Waals surface area (Å²) in [4.78, 5) is 95.4. The van der Waals surface area contributed by atoms with Crippen molar-refractivity contribution in [2.24, 2.45) is 17.6 Å². The molecule has 14 nitrogen and oxygen atoms in total. The minimum atomic E-state index is -1.24. The second-order valence-corrected chi connectivity index (χ2v) is 15.6. The number of benzene rings is 2. The van der Waals surface area contributed by atoms with Crippen LogP contribution in [0.5, 0.6) is 0 Å². The van der Waals surface area contributed by atoms with Gasteiger partial charge in [0.1, 0.15) is 18.1 Å². The molecule has 3 fully saturated rings. The number of hydrogen-bond acceptors (Lipinski definition) is 8. The second kappa shape index (κ2) is 21.4. The van der Waals surface area contributed by atoms with Gasteiger partial charge in [-0.1, -0.05) is 113 Å². The molecule has 1 heterocycles. The van der Waals surface area contributed by atoms with Crippen LogP contribution in [0.3, 0.4) is 0 Å². The number of ketones is 1. The normalized spacial score (nSPS) is 20.2. The van der Waals surface area contributed by atoms with E-state index in [-0.39, 0.29) is 49.6 Å². The highest BCUT2D eigenvalue weighted by atomic mass is 16.5. The minimum absolute atomic E-state index is 0.0738. The van der Waals surface area contributed by atoms with Crippen LogP contribution in [0.2, 0.25) is 0 Å². The van der Waals surface area contributed by atoms with Gasteiger partial charge in [0.15, 0.2) is 0 Å². The molecule has 6 amide bonds. The highest BCUT2D eigenvalue weighted by molar-refractivity contribution is 6.38. The van der Waals surface area contributed by atoms with Gasteiger partial charge in [-0.25, -0.2) is 0 Å². The zero-order valence-electron chi connectivity index (χ0n) is 32.9. The SMILES string of the molecule is CCCCC(NC(=O)[C@@H]1C[C@@H](OCc2ccccc2)CN1C(=O)C(NC(=O)C1CCCC1)C1CCCCC1)C(=O)C(=O)NCC(=O)NC(C(N)=O)c1ccccc1. The van der Waals surface area contributed by atoms with Crippen LogP contribution in [-0.4, -0.2) is 83.4 Å². The second-order valence-electron chi connectivity index (χ2n) is 15.6. The quantitative estimate of drug-likeness (QED) is 0.134. The summed E-state index contributed by atoms with van der Waals surface area (Å²) in [5.74, 6) is -4.86. The van der Waals surface area contributed by atoms with Crippen molar-refractivity contribution in [3.63, 3.8) is 0 Å². The fraction of sp³-hybridized carbons (Fsp3) is 0.558. The van der Waals surface area contributed by atoms with Crippen LogP contribution in [0.4, 0.5) is 0 Å². The predicted octanol–water partition coefficient (Wildman–Crippen LogP) is 3.13. The van der Waals surface area contributed by atoms with Crippen molar-refractivity contribution in [2.45, 2.75) is 127 Å². The molecule has 308 valence electrons. The molecule has 5 rings (SSSR count). The molecule has 0 spiro atoms. The maximum atomic E-state index is 14.7. The minimum Gasteiger partial charge on any atom is -0.372 e. The number of nitrogens with zero attached hydrogens (tertiary/aromatic N) is 1. The Balaban J connectivity index is 1.30. The predicted molar refractivity (Wildman–Crippen MR) is 212 cm³/mol. The van der Waals surface area contributed by atoms with E-state index in [0.717, 1.165) is 63.4 Å². The summed E-state index contributed by atoms with van der Waals surface area (Å²) in [5.41, 5.74) is 6.89. The maximum absolute atomic E-state index is 14.7. The Bertz CT molecular complexity index is 1700. The largest absolute Gasteiger partial charge is 0.372 e.